The van der Waals surface area contributed by atoms with Crippen molar-refractivity contribution in [3.63, 3.8) is 0 Å². The van der Waals surface area contributed by atoms with Gasteiger partial charge in [-0.2, -0.15) is 4.98 Å². The first kappa shape index (κ1) is 12.6. The van der Waals surface area contributed by atoms with Gasteiger partial charge in [0.05, 0.1) is 10.2 Å². The van der Waals surface area contributed by atoms with Gasteiger partial charge in [0, 0.05) is 12.2 Å². The van der Waals surface area contributed by atoms with Gasteiger partial charge < -0.3 is 10.6 Å². The lowest BCUT2D eigenvalue weighted by Gasteiger charge is -2.09. The summed E-state index contributed by atoms with van der Waals surface area (Å²) < 4.78 is 1.05. The number of nitrogens with one attached hydrogen (secondary N) is 2. The van der Waals surface area contributed by atoms with E-state index < -0.39 is 0 Å². The zero-order valence-electron chi connectivity index (χ0n) is 10.8. The Balaban J connectivity index is 1.99. The third kappa shape index (κ3) is 2.62. The Bertz CT molecular complexity index is 721. The average Bonchev–Trinajstić information content (AvgIpc) is 2.95. The lowest BCUT2D eigenvalue weighted by molar-refractivity contribution is 1.16. The fraction of sp³-hybridized carbons (Fsp3) is 0.0667. The van der Waals surface area contributed by atoms with Crippen LogP contribution in [0.3, 0.4) is 0 Å². The number of anilines is 3. The van der Waals surface area contributed by atoms with Crippen molar-refractivity contribution in [1.29, 1.82) is 0 Å². The first-order chi connectivity index (χ1) is 9.86. The number of rotatable bonds is 5. The zero-order valence-corrected chi connectivity index (χ0v) is 11.7. The first-order valence-electron chi connectivity index (χ1n) is 6.29. The summed E-state index contributed by atoms with van der Waals surface area (Å²) in [4.78, 5) is 9.01. The van der Waals surface area contributed by atoms with Crippen LogP contribution >= 0.6 is 11.3 Å². The molecule has 2 aromatic heterocycles. The number of hydrogen-bond acceptors (Lipinski definition) is 5. The molecule has 100 valence electrons. The summed E-state index contributed by atoms with van der Waals surface area (Å²) in [5, 5.41) is 8.49. The van der Waals surface area contributed by atoms with Gasteiger partial charge in [0.2, 0.25) is 5.95 Å². The van der Waals surface area contributed by atoms with Crippen molar-refractivity contribution in [2.75, 3.05) is 17.2 Å². The molecule has 0 bridgehead atoms. The van der Waals surface area contributed by atoms with Crippen LogP contribution in [0.25, 0.3) is 10.2 Å². The van der Waals surface area contributed by atoms with Gasteiger partial charge in [-0.05, 0) is 23.6 Å². The lowest BCUT2D eigenvalue weighted by atomic mass is 10.3. The average molecular weight is 282 g/mol. The maximum Gasteiger partial charge on any atom is 0.225 e. The van der Waals surface area contributed by atoms with Crippen LogP contribution in [0.5, 0.6) is 0 Å². The number of fused-ring (bicyclic) bond motifs is 1. The highest BCUT2D eigenvalue weighted by atomic mass is 32.1. The van der Waals surface area contributed by atoms with Crippen molar-refractivity contribution in [3.8, 4) is 0 Å². The molecule has 0 atom stereocenters. The summed E-state index contributed by atoms with van der Waals surface area (Å²) in [7, 11) is 0. The highest BCUT2D eigenvalue weighted by Crippen LogP contribution is 2.29. The zero-order chi connectivity index (χ0) is 13.8. The Labute approximate surface area is 121 Å². The van der Waals surface area contributed by atoms with Crippen LogP contribution in [0.2, 0.25) is 0 Å². The Morgan fingerprint density at radius 3 is 2.80 bits per heavy atom. The molecule has 0 fully saturated rings. The molecule has 0 unspecified atom stereocenters. The van der Waals surface area contributed by atoms with E-state index in [1.54, 1.807) is 17.4 Å². The molecule has 0 aliphatic heterocycles. The van der Waals surface area contributed by atoms with Gasteiger partial charge in [-0.15, -0.1) is 17.9 Å². The quantitative estimate of drug-likeness (QED) is 0.694. The van der Waals surface area contributed by atoms with Gasteiger partial charge in [0.25, 0.3) is 0 Å². The molecule has 3 rings (SSSR count). The molecular weight excluding hydrogens is 268 g/mol. The standard InChI is InChI=1S/C15H14N4S/c1-2-9-16-15-18-12-8-10-20-13(12)14(19-15)17-11-6-4-3-5-7-11/h2-8,10H,1,9H2,(H2,16,17,18,19). The normalized spacial score (nSPS) is 10.4. The van der Waals surface area contributed by atoms with Crippen LogP contribution in [0.4, 0.5) is 17.5 Å². The van der Waals surface area contributed by atoms with E-state index in [0.29, 0.717) is 12.5 Å². The fourth-order valence-corrected chi connectivity index (χ4v) is 2.62. The molecule has 0 aliphatic carbocycles. The molecule has 2 N–H and O–H groups in total. The van der Waals surface area contributed by atoms with E-state index >= 15 is 0 Å². The Morgan fingerprint density at radius 1 is 1.15 bits per heavy atom. The Morgan fingerprint density at radius 2 is 2.00 bits per heavy atom. The SMILES string of the molecule is C=CCNc1nc(Nc2ccccc2)c2sccc2n1. The van der Waals surface area contributed by atoms with Crippen LogP contribution in [0, 0.1) is 0 Å². The van der Waals surface area contributed by atoms with E-state index in [9.17, 15) is 0 Å². The maximum absolute atomic E-state index is 4.54. The summed E-state index contributed by atoms with van der Waals surface area (Å²) in [6, 6.07) is 12.0. The van der Waals surface area contributed by atoms with Crippen molar-refractivity contribution in [2.45, 2.75) is 0 Å². The Hall–Kier alpha value is -2.40. The predicted molar refractivity (Wildman–Crippen MR) is 85.8 cm³/mol. The van der Waals surface area contributed by atoms with Crippen LogP contribution in [-0.2, 0) is 0 Å². The van der Waals surface area contributed by atoms with Gasteiger partial charge in [-0.3, -0.25) is 0 Å². The van der Waals surface area contributed by atoms with Crippen molar-refractivity contribution in [3.05, 3.63) is 54.4 Å². The second kappa shape index (κ2) is 5.71. The van der Waals surface area contributed by atoms with Gasteiger partial charge in [0.1, 0.15) is 0 Å². The fourth-order valence-electron chi connectivity index (χ4n) is 1.85. The minimum Gasteiger partial charge on any atom is -0.351 e. The molecule has 0 radical (unpaired) electrons. The third-order valence-corrected chi connectivity index (χ3v) is 3.65. The van der Waals surface area contributed by atoms with Crippen LogP contribution in [0.1, 0.15) is 0 Å². The third-order valence-electron chi connectivity index (χ3n) is 2.74. The second-order valence-corrected chi connectivity index (χ2v) is 5.11. The smallest absolute Gasteiger partial charge is 0.225 e. The molecule has 5 heteroatoms. The maximum atomic E-state index is 4.54. The summed E-state index contributed by atoms with van der Waals surface area (Å²) in [5.41, 5.74) is 1.95. The van der Waals surface area contributed by atoms with Crippen molar-refractivity contribution in [1.82, 2.24) is 9.97 Å². The molecule has 4 nitrogen and oxygen atoms in total. The van der Waals surface area contributed by atoms with Crippen LogP contribution in [0.15, 0.2) is 54.4 Å². The molecule has 0 saturated carbocycles. The van der Waals surface area contributed by atoms with Crippen LogP contribution in [-0.4, -0.2) is 16.5 Å². The highest BCUT2D eigenvalue weighted by molar-refractivity contribution is 7.17. The van der Waals surface area contributed by atoms with E-state index in [2.05, 4.69) is 27.2 Å². The summed E-state index contributed by atoms with van der Waals surface area (Å²) in [6.45, 7) is 4.33. The number of para-hydroxylation sites is 1. The van der Waals surface area contributed by atoms with E-state index in [4.69, 9.17) is 0 Å². The van der Waals surface area contributed by atoms with Crippen molar-refractivity contribution in [2.24, 2.45) is 0 Å². The van der Waals surface area contributed by atoms with Crippen molar-refractivity contribution < 1.29 is 0 Å². The summed E-state index contributed by atoms with van der Waals surface area (Å²) in [6.07, 6.45) is 1.78. The van der Waals surface area contributed by atoms with Gasteiger partial charge in [-0.25, -0.2) is 4.98 Å². The topological polar surface area (TPSA) is 49.8 Å². The lowest BCUT2D eigenvalue weighted by Crippen LogP contribution is -2.04. The number of aromatic nitrogens is 2. The molecule has 1 aromatic carbocycles. The molecule has 0 aliphatic rings. The molecule has 2 heterocycles. The number of nitrogens with zero attached hydrogens (tertiary/aromatic N) is 2. The van der Waals surface area contributed by atoms with E-state index in [1.165, 1.54) is 0 Å². The molecule has 0 saturated heterocycles. The Kier molecular flexibility index (Phi) is 3.60. The van der Waals surface area contributed by atoms with E-state index in [1.807, 2.05) is 41.8 Å². The molecule has 20 heavy (non-hydrogen) atoms. The minimum absolute atomic E-state index is 0.606. The number of thiophene rings is 1. The van der Waals surface area contributed by atoms with E-state index in [0.717, 1.165) is 21.7 Å². The highest BCUT2D eigenvalue weighted by Gasteiger charge is 2.08. The molecular formula is C15H14N4S. The summed E-state index contributed by atoms with van der Waals surface area (Å²) in [5.74, 6) is 1.43. The van der Waals surface area contributed by atoms with Crippen molar-refractivity contribution >= 4 is 39.0 Å². The first-order valence-corrected chi connectivity index (χ1v) is 7.17. The molecule has 0 spiro atoms. The van der Waals surface area contributed by atoms with Gasteiger partial charge in [-0.1, -0.05) is 24.3 Å². The van der Waals surface area contributed by atoms with Gasteiger partial charge in [0.15, 0.2) is 5.82 Å². The second-order valence-electron chi connectivity index (χ2n) is 4.19. The summed E-state index contributed by atoms with van der Waals surface area (Å²) >= 11 is 1.63. The largest absolute Gasteiger partial charge is 0.351 e. The number of hydrogen-bond donors (Lipinski definition) is 2. The van der Waals surface area contributed by atoms with E-state index in [-0.39, 0.29) is 0 Å². The monoisotopic (exact) mass is 282 g/mol. The van der Waals surface area contributed by atoms with Crippen LogP contribution < -0.4 is 10.6 Å². The number of benzene rings is 1. The molecule has 3 aromatic rings. The molecule has 0 amide bonds. The predicted octanol–water partition coefficient (Wildman–Crippen LogP) is 4.03. The minimum atomic E-state index is 0.606. The van der Waals surface area contributed by atoms with Gasteiger partial charge >= 0.3 is 0 Å².